The van der Waals surface area contributed by atoms with E-state index in [1.807, 2.05) is 18.2 Å². The van der Waals surface area contributed by atoms with Crippen LogP contribution in [0.2, 0.25) is 0 Å². The molecule has 0 saturated carbocycles. The number of aromatic nitrogens is 1. The minimum atomic E-state index is -0.819. The first-order valence-corrected chi connectivity index (χ1v) is 7.94. The van der Waals surface area contributed by atoms with Crippen LogP contribution in [-0.2, 0) is 22.6 Å². The molecule has 0 aliphatic carbocycles. The van der Waals surface area contributed by atoms with Crippen molar-refractivity contribution < 1.29 is 14.5 Å². The maximum absolute atomic E-state index is 12.3. The molecule has 1 atom stereocenters. The zero-order chi connectivity index (χ0) is 20.0. The monoisotopic (exact) mass is 368 g/mol. The summed E-state index contributed by atoms with van der Waals surface area (Å²) < 4.78 is 0.783. The van der Waals surface area contributed by atoms with Gasteiger partial charge in [0.2, 0.25) is 5.91 Å². The third-order valence-electron chi connectivity index (χ3n) is 3.83. The number of nitro groups is 1. The molecule has 1 amide bonds. The van der Waals surface area contributed by atoms with Crippen molar-refractivity contribution in [3.05, 3.63) is 74.2 Å². The number of carbonyl (C=O) groups is 2. The van der Waals surface area contributed by atoms with E-state index < -0.39 is 40.2 Å². The van der Waals surface area contributed by atoms with Crippen LogP contribution in [0.25, 0.3) is 0 Å². The zero-order valence-electron chi connectivity index (χ0n) is 14.4. The molecule has 2 rings (SSSR count). The standard InChI is InChI=1S/C18H16N4O5/c1-12(23)16(7-13-5-3-2-4-6-13)20-17(24)11-21-10-15(22(26)27)8-14(9-19)18(21)25/h2-6,8,10,16H,7,11H2,1H3,(H,20,24)/t16-/m0/s1. The van der Waals surface area contributed by atoms with Crippen LogP contribution in [0.15, 0.2) is 47.4 Å². The summed E-state index contributed by atoms with van der Waals surface area (Å²) in [5.74, 6) is -0.936. The quantitative estimate of drug-likeness (QED) is 0.571. The van der Waals surface area contributed by atoms with Gasteiger partial charge in [0, 0.05) is 6.07 Å². The van der Waals surface area contributed by atoms with Crippen molar-refractivity contribution in [2.75, 3.05) is 0 Å². The number of hydrogen-bond donors (Lipinski definition) is 1. The summed E-state index contributed by atoms with van der Waals surface area (Å²) in [7, 11) is 0. The van der Waals surface area contributed by atoms with E-state index in [2.05, 4.69) is 5.32 Å². The van der Waals surface area contributed by atoms with Gasteiger partial charge < -0.3 is 5.32 Å². The first-order valence-electron chi connectivity index (χ1n) is 7.94. The molecule has 0 spiro atoms. The molecule has 0 fully saturated rings. The van der Waals surface area contributed by atoms with Crippen LogP contribution < -0.4 is 10.9 Å². The highest BCUT2D eigenvalue weighted by atomic mass is 16.6. The third kappa shape index (κ3) is 5.09. The van der Waals surface area contributed by atoms with Crippen LogP contribution in [-0.4, -0.2) is 27.2 Å². The van der Waals surface area contributed by atoms with Gasteiger partial charge in [-0.3, -0.25) is 29.1 Å². The van der Waals surface area contributed by atoms with E-state index in [1.54, 1.807) is 18.2 Å². The second-order valence-electron chi connectivity index (χ2n) is 5.83. The number of nitrogens with zero attached hydrogens (tertiary/aromatic N) is 3. The van der Waals surface area contributed by atoms with E-state index in [0.717, 1.165) is 22.4 Å². The van der Waals surface area contributed by atoms with Crippen molar-refractivity contribution in [2.45, 2.75) is 25.9 Å². The number of amides is 1. The molecule has 27 heavy (non-hydrogen) atoms. The maximum atomic E-state index is 12.3. The Bertz CT molecular complexity index is 975. The Hall–Kier alpha value is -3.80. The van der Waals surface area contributed by atoms with Crippen molar-refractivity contribution in [1.82, 2.24) is 9.88 Å². The van der Waals surface area contributed by atoms with Crippen molar-refractivity contribution >= 4 is 17.4 Å². The summed E-state index contributed by atoms with van der Waals surface area (Å²) >= 11 is 0. The van der Waals surface area contributed by atoms with Gasteiger partial charge in [-0.15, -0.1) is 0 Å². The SMILES string of the molecule is CC(=O)[C@H](Cc1ccccc1)NC(=O)Cn1cc([N+](=O)[O-])cc(C#N)c1=O. The molecule has 0 aliphatic rings. The van der Waals surface area contributed by atoms with Gasteiger partial charge in [0.1, 0.15) is 18.2 Å². The molecule has 9 nitrogen and oxygen atoms in total. The largest absolute Gasteiger partial charge is 0.344 e. The third-order valence-corrected chi connectivity index (χ3v) is 3.83. The highest BCUT2D eigenvalue weighted by Gasteiger charge is 2.20. The Labute approximate surface area is 154 Å². The molecule has 0 bridgehead atoms. The minimum absolute atomic E-state index is 0.267. The van der Waals surface area contributed by atoms with Crippen LogP contribution in [0.5, 0.6) is 0 Å². The van der Waals surface area contributed by atoms with Crippen LogP contribution >= 0.6 is 0 Å². The van der Waals surface area contributed by atoms with Crippen LogP contribution in [0.4, 0.5) is 5.69 Å². The van der Waals surface area contributed by atoms with E-state index in [0.29, 0.717) is 0 Å². The zero-order valence-corrected chi connectivity index (χ0v) is 14.4. The molecule has 0 aliphatic heterocycles. The molecule has 0 unspecified atom stereocenters. The van der Waals surface area contributed by atoms with Gasteiger partial charge in [-0.25, -0.2) is 0 Å². The Kier molecular flexibility index (Phi) is 6.17. The number of pyridine rings is 1. The van der Waals surface area contributed by atoms with E-state index in [4.69, 9.17) is 5.26 Å². The predicted octanol–water partition coefficient (Wildman–Crippen LogP) is 0.945. The van der Waals surface area contributed by atoms with Gasteiger partial charge in [0.15, 0.2) is 5.78 Å². The first-order chi connectivity index (χ1) is 12.8. The summed E-state index contributed by atoms with van der Waals surface area (Å²) in [5.41, 5.74) is -0.895. The summed E-state index contributed by atoms with van der Waals surface area (Å²) in [6.07, 6.45) is 1.16. The molecule has 0 saturated heterocycles. The topological polar surface area (TPSA) is 135 Å². The Balaban J connectivity index is 2.19. The summed E-state index contributed by atoms with van der Waals surface area (Å²) in [6.45, 7) is 0.787. The molecular formula is C18H16N4O5. The van der Waals surface area contributed by atoms with Gasteiger partial charge in [0.25, 0.3) is 11.2 Å². The number of nitrogens with one attached hydrogen (secondary N) is 1. The van der Waals surface area contributed by atoms with Gasteiger partial charge in [-0.1, -0.05) is 30.3 Å². The lowest BCUT2D eigenvalue weighted by atomic mass is 10.0. The fourth-order valence-electron chi connectivity index (χ4n) is 2.46. The second kappa shape index (κ2) is 8.53. The average molecular weight is 368 g/mol. The lowest BCUT2D eigenvalue weighted by Crippen LogP contribution is -2.44. The molecule has 138 valence electrons. The van der Waals surface area contributed by atoms with Crippen LogP contribution in [0.3, 0.4) is 0 Å². The number of benzene rings is 1. The molecule has 2 aromatic rings. The summed E-state index contributed by atoms with van der Waals surface area (Å²) in [5, 5.41) is 22.4. The number of carbonyl (C=O) groups excluding carboxylic acids is 2. The fraction of sp³-hybridized carbons (Fsp3) is 0.222. The van der Waals surface area contributed by atoms with Gasteiger partial charge in [-0.2, -0.15) is 5.26 Å². The van der Waals surface area contributed by atoms with E-state index >= 15 is 0 Å². The molecule has 1 aromatic heterocycles. The van der Waals surface area contributed by atoms with Crippen LogP contribution in [0.1, 0.15) is 18.1 Å². The van der Waals surface area contributed by atoms with Gasteiger partial charge in [0.05, 0.1) is 17.2 Å². The normalized spacial score (nSPS) is 11.3. The Morgan fingerprint density at radius 3 is 2.56 bits per heavy atom. The van der Waals surface area contributed by atoms with Crippen molar-refractivity contribution in [1.29, 1.82) is 5.26 Å². The second-order valence-corrected chi connectivity index (χ2v) is 5.83. The number of Topliss-reactive ketones (excluding diaryl/α,β-unsaturated/α-hetero) is 1. The molecule has 1 N–H and O–H groups in total. The molecular weight excluding hydrogens is 352 g/mol. The van der Waals surface area contributed by atoms with Crippen molar-refractivity contribution in [3.63, 3.8) is 0 Å². The van der Waals surface area contributed by atoms with Crippen molar-refractivity contribution in [3.8, 4) is 6.07 Å². The van der Waals surface area contributed by atoms with E-state index in [9.17, 15) is 24.5 Å². The number of hydrogen-bond acceptors (Lipinski definition) is 6. The van der Waals surface area contributed by atoms with Crippen LogP contribution in [0, 0.1) is 21.4 Å². The first kappa shape index (κ1) is 19.5. The molecule has 0 radical (unpaired) electrons. The Morgan fingerprint density at radius 1 is 1.33 bits per heavy atom. The smallest absolute Gasteiger partial charge is 0.287 e. The molecule has 1 aromatic carbocycles. The summed E-state index contributed by atoms with van der Waals surface area (Å²) in [6, 6.07) is 10.7. The van der Waals surface area contributed by atoms with Gasteiger partial charge >= 0.3 is 0 Å². The summed E-state index contributed by atoms with van der Waals surface area (Å²) in [4.78, 5) is 46.4. The highest BCUT2D eigenvalue weighted by molar-refractivity contribution is 5.87. The molecule has 1 heterocycles. The van der Waals surface area contributed by atoms with E-state index in [-0.39, 0.29) is 12.2 Å². The van der Waals surface area contributed by atoms with Gasteiger partial charge in [-0.05, 0) is 18.9 Å². The maximum Gasteiger partial charge on any atom is 0.287 e. The predicted molar refractivity (Wildman–Crippen MR) is 94.8 cm³/mol. The van der Waals surface area contributed by atoms with Crippen molar-refractivity contribution in [2.24, 2.45) is 0 Å². The lowest BCUT2D eigenvalue weighted by Gasteiger charge is -2.16. The minimum Gasteiger partial charge on any atom is -0.344 e. The number of rotatable bonds is 7. The van der Waals surface area contributed by atoms with E-state index in [1.165, 1.54) is 6.92 Å². The average Bonchev–Trinajstić information content (AvgIpc) is 2.63. The number of nitriles is 1. The Morgan fingerprint density at radius 2 is 2.00 bits per heavy atom. The molecule has 9 heteroatoms. The highest BCUT2D eigenvalue weighted by Crippen LogP contribution is 2.10. The lowest BCUT2D eigenvalue weighted by molar-refractivity contribution is -0.385. The number of ketones is 1. The fourth-order valence-corrected chi connectivity index (χ4v) is 2.46.